The number of hydrogen-bond acceptors (Lipinski definition) is 3. The number of ether oxygens (including phenoxy) is 1. The van der Waals surface area contributed by atoms with Crippen molar-refractivity contribution in [3.05, 3.63) is 53.6 Å². The van der Waals surface area contributed by atoms with E-state index in [1.807, 2.05) is 17.8 Å². The zero-order valence-electron chi connectivity index (χ0n) is 13.3. The minimum atomic E-state index is -0.896. The molecular weight excluding hydrogens is 316 g/mol. The lowest BCUT2D eigenvalue weighted by atomic mass is 10.1. The van der Waals surface area contributed by atoms with Gasteiger partial charge in [-0.25, -0.2) is 13.8 Å². The van der Waals surface area contributed by atoms with Gasteiger partial charge in [0.25, 0.3) is 0 Å². The Morgan fingerprint density at radius 3 is 3.04 bits per heavy atom. The van der Waals surface area contributed by atoms with Crippen LogP contribution in [0.25, 0.3) is 0 Å². The summed E-state index contributed by atoms with van der Waals surface area (Å²) in [6.07, 6.45) is 4.14. The van der Waals surface area contributed by atoms with Gasteiger partial charge in [-0.1, -0.05) is 12.1 Å². The number of imidazole rings is 1. The number of aromatic nitrogens is 2. The molecule has 1 fully saturated rings. The van der Waals surface area contributed by atoms with Crippen LogP contribution in [0.4, 0.5) is 8.78 Å². The van der Waals surface area contributed by atoms with Gasteiger partial charge in [-0.3, -0.25) is 4.79 Å². The first-order valence-corrected chi connectivity index (χ1v) is 7.87. The average molecular weight is 335 g/mol. The second kappa shape index (κ2) is 7.09. The highest BCUT2D eigenvalue weighted by molar-refractivity contribution is 5.76. The van der Waals surface area contributed by atoms with Crippen LogP contribution in [-0.2, 0) is 23.0 Å². The molecule has 5 nitrogen and oxygen atoms in total. The number of carbonyl (C=O) groups excluding carboxylic acids is 1. The van der Waals surface area contributed by atoms with Crippen molar-refractivity contribution >= 4 is 5.91 Å². The van der Waals surface area contributed by atoms with E-state index < -0.39 is 11.6 Å². The van der Waals surface area contributed by atoms with Crippen LogP contribution in [0, 0.1) is 11.6 Å². The molecule has 1 saturated heterocycles. The molecule has 1 aromatic carbocycles. The third-order valence-electron chi connectivity index (χ3n) is 4.20. The van der Waals surface area contributed by atoms with Gasteiger partial charge in [0.1, 0.15) is 11.9 Å². The molecule has 0 spiro atoms. The van der Waals surface area contributed by atoms with Crippen molar-refractivity contribution in [3.63, 3.8) is 0 Å². The number of nitrogens with zero attached hydrogens (tertiary/aromatic N) is 2. The van der Waals surface area contributed by atoms with E-state index in [4.69, 9.17) is 4.74 Å². The van der Waals surface area contributed by atoms with Crippen molar-refractivity contribution in [3.8, 4) is 0 Å². The zero-order chi connectivity index (χ0) is 17.1. The number of carbonyl (C=O) groups is 1. The van der Waals surface area contributed by atoms with E-state index in [9.17, 15) is 13.6 Å². The normalized spacial score (nSPS) is 20.3. The predicted octanol–water partition coefficient (Wildman–Crippen LogP) is 2.28. The highest BCUT2D eigenvalue weighted by Crippen LogP contribution is 2.27. The fourth-order valence-corrected chi connectivity index (χ4v) is 2.91. The molecule has 2 aromatic rings. The van der Waals surface area contributed by atoms with Crippen LogP contribution in [0.5, 0.6) is 0 Å². The zero-order valence-corrected chi connectivity index (χ0v) is 13.3. The number of nitrogens with one attached hydrogen (secondary N) is 1. The summed E-state index contributed by atoms with van der Waals surface area (Å²) in [5.41, 5.74) is 0.202. The van der Waals surface area contributed by atoms with Crippen molar-refractivity contribution in [2.24, 2.45) is 7.05 Å². The first-order chi connectivity index (χ1) is 11.6. The van der Waals surface area contributed by atoms with Gasteiger partial charge in [0, 0.05) is 32.5 Å². The number of amides is 1. The Bertz CT molecular complexity index is 732. The molecule has 2 heterocycles. The molecule has 1 amide bonds. The maximum Gasteiger partial charge on any atom is 0.220 e. The Morgan fingerprint density at radius 1 is 1.46 bits per heavy atom. The van der Waals surface area contributed by atoms with Gasteiger partial charge in [-0.2, -0.15) is 0 Å². The Morgan fingerprint density at radius 2 is 2.29 bits per heavy atom. The topological polar surface area (TPSA) is 56.1 Å². The standard InChI is InChI=1S/C17H19F2N3O2/c1-22-9-8-20-17(22)16-13(7-10-24-16)21-14(23)6-5-11-3-2-4-12(18)15(11)19/h2-4,8-9,13,16H,5-7,10H2,1H3,(H,21,23)/t13-,16-/m0/s1. The van der Waals surface area contributed by atoms with Gasteiger partial charge in [0.15, 0.2) is 11.6 Å². The maximum atomic E-state index is 13.6. The van der Waals surface area contributed by atoms with E-state index >= 15 is 0 Å². The van der Waals surface area contributed by atoms with Crippen LogP contribution in [0.3, 0.4) is 0 Å². The van der Waals surface area contributed by atoms with Crippen molar-refractivity contribution in [2.45, 2.75) is 31.4 Å². The van der Waals surface area contributed by atoms with E-state index in [2.05, 4.69) is 10.3 Å². The summed E-state index contributed by atoms with van der Waals surface area (Å²) in [6, 6.07) is 3.82. The van der Waals surface area contributed by atoms with Gasteiger partial charge in [0.2, 0.25) is 5.91 Å². The molecular formula is C17H19F2N3O2. The lowest BCUT2D eigenvalue weighted by Crippen LogP contribution is -2.37. The lowest BCUT2D eigenvalue weighted by molar-refractivity contribution is -0.122. The fourth-order valence-electron chi connectivity index (χ4n) is 2.91. The van der Waals surface area contributed by atoms with Gasteiger partial charge in [0.05, 0.1) is 6.04 Å². The van der Waals surface area contributed by atoms with Gasteiger partial charge >= 0.3 is 0 Å². The Kier molecular flexibility index (Phi) is 4.89. The molecule has 1 aliphatic heterocycles. The summed E-state index contributed by atoms with van der Waals surface area (Å²) < 4.78 is 34.3. The highest BCUT2D eigenvalue weighted by atomic mass is 19.2. The third kappa shape index (κ3) is 3.46. The van der Waals surface area contributed by atoms with Crippen molar-refractivity contribution in [1.29, 1.82) is 0 Å². The molecule has 0 bridgehead atoms. The minimum Gasteiger partial charge on any atom is -0.368 e. The summed E-state index contributed by atoms with van der Waals surface area (Å²) in [7, 11) is 1.87. The summed E-state index contributed by atoms with van der Waals surface area (Å²) in [5, 5.41) is 2.92. The number of benzene rings is 1. The van der Waals surface area contributed by atoms with Crippen LogP contribution >= 0.6 is 0 Å². The molecule has 0 saturated carbocycles. The first kappa shape index (κ1) is 16.6. The number of rotatable bonds is 5. The summed E-state index contributed by atoms with van der Waals surface area (Å²) >= 11 is 0. The summed E-state index contributed by atoms with van der Waals surface area (Å²) in [4.78, 5) is 16.4. The van der Waals surface area contributed by atoms with E-state index in [1.54, 1.807) is 6.20 Å². The predicted molar refractivity (Wildman–Crippen MR) is 83.1 cm³/mol. The second-order valence-electron chi connectivity index (χ2n) is 5.86. The Balaban J connectivity index is 1.58. The van der Waals surface area contributed by atoms with Gasteiger partial charge in [-0.05, 0) is 24.5 Å². The lowest BCUT2D eigenvalue weighted by Gasteiger charge is -2.19. The average Bonchev–Trinajstić information content (AvgIpc) is 3.17. The molecule has 24 heavy (non-hydrogen) atoms. The molecule has 0 radical (unpaired) electrons. The van der Waals surface area contributed by atoms with Gasteiger partial charge in [-0.15, -0.1) is 0 Å². The molecule has 0 aliphatic carbocycles. The molecule has 1 aromatic heterocycles. The summed E-state index contributed by atoms with van der Waals surface area (Å²) in [6.45, 7) is 0.543. The largest absolute Gasteiger partial charge is 0.368 e. The quantitative estimate of drug-likeness (QED) is 0.912. The smallest absolute Gasteiger partial charge is 0.220 e. The van der Waals surface area contributed by atoms with E-state index in [0.717, 1.165) is 11.9 Å². The minimum absolute atomic E-state index is 0.0875. The summed E-state index contributed by atoms with van der Waals surface area (Å²) in [5.74, 6) is -1.24. The van der Waals surface area contributed by atoms with E-state index in [0.29, 0.717) is 13.0 Å². The fraction of sp³-hybridized carbons (Fsp3) is 0.412. The van der Waals surface area contributed by atoms with Crippen molar-refractivity contribution in [1.82, 2.24) is 14.9 Å². The van der Waals surface area contributed by atoms with Crippen LogP contribution in [0.2, 0.25) is 0 Å². The van der Waals surface area contributed by atoms with Crippen molar-refractivity contribution in [2.75, 3.05) is 6.61 Å². The highest BCUT2D eigenvalue weighted by Gasteiger charge is 2.33. The van der Waals surface area contributed by atoms with Crippen LogP contribution in [-0.4, -0.2) is 28.1 Å². The number of aryl methyl sites for hydroxylation is 2. The molecule has 0 unspecified atom stereocenters. The SMILES string of the molecule is Cn1ccnc1[C@H]1OCC[C@@H]1NC(=O)CCc1cccc(F)c1F. The van der Waals surface area contributed by atoms with Crippen molar-refractivity contribution < 1.29 is 18.3 Å². The molecule has 128 valence electrons. The Labute approximate surface area is 138 Å². The number of halogens is 2. The molecule has 3 rings (SSSR count). The van der Waals surface area contributed by atoms with E-state index in [-0.39, 0.29) is 36.5 Å². The van der Waals surface area contributed by atoms with Crippen LogP contribution in [0.1, 0.15) is 30.3 Å². The first-order valence-electron chi connectivity index (χ1n) is 7.87. The van der Waals surface area contributed by atoms with Crippen LogP contribution < -0.4 is 5.32 Å². The third-order valence-corrected chi connectivity index (χ3v) is 4.20. The maximum absolute atomic E-state index is 13.6. The Hall–Kier alpha value is -2.28. The molecule has 7 heteroatoms. The number of hydrogen-bond donors (Lipinski definition) is 1. The monoisotopic (exact) mass is 335 g/mol. The molecule has 1 N–H and O–H groups in total. The van der Waals surface area contributed by atoms with Gasteiger partial charge < -0.3 is 14.6 Å². The molecule has 2 atom stereocenters. The van der Waals surface area contributed by atoms with Crippen LogP contribution in [0.15, 0.2) is 30.6 Å². The molecule has 1 aliphatic rings. The van der Waals surface area contributed by atoms with E-state index in [1.165, 1.54) is 12.1 Å². The second-order valence-corrected chi connectivity index (χ2v) is 5.86.